The maximum absolute atomic E-state index is 12.6. The Kier molecular flexibility index (Phi) is 7.13. The van der Waals surface area contributed by atoms with E-state index in [-0.39, 0.29) is 11.9 Å². The molecule has 2 aromatic heterocycles. The Labute approximate surface area is 199 Å². The number of pyridine rings is 1. The number of carbonyl (C=O) groups excluding carboxylic acids is 1. The fraction of sp³-hybridized carbons (Fsp3) is 0.185. The van der Waals surface area contributed by atoms with Gasteiger partial charge < -0.3 is 15.4 Å². The second kappa shape index (κ2) is 10.6. The summed E-state index contributed by atoms with van der Waals surface area (Å²) in [6.07, 6.45) is 7.56. The SMILES string of the molecule is CC[C@H](Nc1cncc(-c2cccc(OC)c2)n1)c1cccc(NC(=O)c2cncc(C)c2)c1. The van der Waals surface area contributed by atoms with Crippen LogP contribution in [-0.4, -0.2) is 28.0 Å². The number of amides is 1. The first-order chi connectivity index (χ1) is 16.6. The topological polar surface area (TPSA) is 89.0 Å². The molecule has 172 valence electrons. The van der Waals surface area contributed by atoms with E-state index >= 15 is 0 Å². The van der Waals surface area contributed by atoms with Crippen LogP contribution in [0.5, 0.6) is 5.75 Å². The zero-order valence-electron chi connectivity index (χ0n) is 19.4. The Balaban J connectivity index is 1.51. The molecule has 2 heterocycles. The molecule has 4 aromatic rings. The molecule has 0 aliphatic carbocycles. The Morgan fingerprint density at radius 3 is 2.62 bits per heavy atom. The van der Waals surface area contributed by atoms with Crippen molar-refractivity contribution in [3.8, 4) is 17.0 Å². The van der Waals surface area contributed by atoms with Gasteiger partial charge in [0.25, 0.3) is 5.91 Å². The molecule has 2 N–H and O–H groups in total. The Bertz CT molecular complexity index is 1290. The maximum Gasteiger partial charge on any atom is 0.257 e. The zero-order valence-corrected chi connectivity index (χ0v) is 19.4. The Morgan fingerprint density at radius 2 is 1.82 bits per heavy atom. The van der Waals surface area contributed by atoms with Crippen molar-refractivity contribution in [1.29, 1.82) is 0 Å². The third-order valence-corrected chi connectivity index (χ3v) is 5.41. The van der Waals surface area contributed by atoms with E-state index in [0.717, 1.165) is 40.2 Å². The van der Waals surface area contributed by atoms with Gasteiger partial charge in [0, 0.05) is 23.6 Å². The molecule has 1 atom stereocenters. The molecule has 2 aromatic carbocycles. The lowest BCUT2D eigenvalue weighted by Gasteiger charge is -2.19. The lowest BCUT2D eigenvalue weighted by atomic mass is 10.0. The molecule has 0 aliphatic rings. The molecular formula is C27H27N5O2. The van der Waals surface area contributed by atoms with Gasteiger partial charge in [0.15, 0.2) is 0 Å². The van der Waals surface area contributed by atoms with Crippen LogP contribution >= 0.6 is 0 Å². The van der Waals surface area contributed by atoms with Gasteiger partial charge in [-0.3, -0.25) is 14.8 Å². The molecule has 1 amide bonds. The molecule has 4 rings (SSSR count). The van der Waals surface area contributed by atoms with E-state index in [1.165, 1.54) is 0 Å². The molecule has 0 saturated carbocycles. The normalized spacial score (nSPS) is 11.5. The second-order valence-corrected chi connectivity index (χ2v) is 7.96. The fourth-order valence-electron chi connectivity index (χ4n) is 3.67. The van der Waals surface area contributed by atoms with Crippen molar-refractivity contribution in [2.24, 2.45) is 0 Å². The first-order valence-corrected chi connectivity index (χ1v) is 11.1. The highest BCUT2D eigenvalue weighted by Crippen LogP contribution is 2.26. The summed E-state index contributed by atoms with van der Waals surface area (Å²) in [5.41, 5.74) is 4.91. The van der Waals surface area contributed by atoms with Gasteiger partial charge in [0.1, 0.15) is 11.6 Å². The summed E-state index contributed by atoms with van der Waals surface area (Å²) in [5.74, 6) is 1.25. The van der Waals surface area contributed by atoms with Crippen molar-refractivity contribution in [3.05, 3.63) is 96.1 Å². The van der Waals surface area contributed by atoms with Crippen molar-refractivity contribution >= 4 is 17.4 Å². The fourth-order valence-corrected chi connectivity index (χ4v) is 3.67. The van der Waals surface area contributed by atoms with Crippen LogP contribution in [0, 0.1) is 6.92 Å². The monoisotopic (exact) mass is 453 g/mol. The average Bonchev–Trinajstić information content (AvgIpc) is 2.87. The summed E-state index contributed by atoms with van der Waals surface area (Å²) in [6, 6.07) is 17.4. The highest BCUT2D eigenvalue weighted by Gasteiger charge is 2.13. The first kappa shape index (κ1) is 22.9. The standard InChI is InChI=1S/C27H27N5O2/c1-4-24(31-26-17-29-16-25(32-26)20-8-6-10-23(13-20)34-3)19-7-5-9-22(12-19)30-27(33)21-11-18(2)14-28-15-21/h5-17,24H,4H2,1-3H3,(H,30,33)(H,31,32)/t24-/m0/s1. The van der Waals surface area contributed by atoms with Gasteiger partial charge in [0.05, 0.1) is 36.8 Å². The molecule has 7 heteroatoms. The van der Waals surface area contributed by atoms with Crippen LogP contribution in [0.15, 0.2) is 79.4 Å². The van der Waals surface area contributed by atoms with Crippen molar-refractivity contribution in [3.63, 3.8) is 0 Å². The first-order valence-electron chi connectivity index (χ1n) is 11.1. The van der Waals surface area contributed by atoms with Gasteiger partial charge in [-0.2, -0.15) is 0 Å². The number of nitrogens with one attached hydrogen (secondary N) is 2. The number of benzene rings is 2. The van der Waals surface area contributed by atoms with E-state index in [1.807, 2.05) is 61.5 Å². The van der Waals surface area contributed by atoms with Crippen molar-refractivity contribution < 1.29 is 9.53 Å². The molecule has 0 fully saturated rings. The molecule has 7 nitrogen and oxygen atoms in total. The smallest absolute Gasteiger partial charge is 0.257 e. The molecule has 0 bridgehead atoms. The van der Waals surface area contributed by atoms with Gasteiger partial charge in [-0.25, -0.2) is 4.98 Å². The van der Waals surface area contributed by atoms with E-state index in [0.29, 0.717) is 11.4 Å². The van der Waals surface area contributed by atoms with Gasteiger partial charge in [0.2, 0.25) is 0 Å². The summed E-state index contributed by atoms with van der Waals surface area (Å²) in [5, 5.41) is 6.44. The second-order valence-electron chi connectivity index (χ2n) is 7.96. The van der Waals surface area contributed by atoms with Gasteiger partial charge >= 0.3 is 0 Å². The predicted molar refractivity (Wildman–Crippen MR) is 134 cm³/mol. The number of rotatable bonds is 8. The van der Waals surface area contributed by atoms with Crippen molar-refractivity contribution in [1.82, 2.24) is 15.0 Å². The maximum atomic E-state index is 12.6. The highest BCUT2D eigenvalue weighted by molar-refractivity contribution is 6.04. The average molecular weight is 454 g/mol. The lowest BCUT2D eigenvalue weighted by molar-refractivity contribution is 0.102. The number of aromatic nitrogens is 3. The largest absolute Gasteiger partial charge is 0.497 e. The van der Waals surface area contributed by atoms with E-state index in [2.05, 4.69) is 27.5 Å². The van der Waals surface area contributed by atoms with Gasteiger partial charge in [-0.05, 0) is 54.8 Å². The van der Waals surface area contributed by atoms with E-state index in [4.69, 9.17) is 9.72 Å². The van der Waals surface area contributed by atoms with E-state index < -0.39 is 0 Å². The minimum absolute atomic E-state index is 0.00709. The number of hydrogen-bond acceptors (Lipinski definition) is 6. The number of carbonyl (C=O) groups is 1. The van der Waals surface area contributed by atoms with Gasteiger partial charge in [-0.15, -0.1) is 0 Å². The zero-order chi connectivity index (χ0) is 23.9. The van der Waals surface area contributed by atoms with Crippen LogP contribution in [0.25, 0.3) is 11.3 Å². The molecule has 0 spiro atoms. The molecule has 34 heavy (non-hydrogen) atoms. The van der Waals surface area contributed by atoms with Crippen LogP contribution in [-0.2, 0) is 0 Å². The summed E-state index contributed by atoms with van der Waals surface area (Å²) in [6.45, 7) is 4.01. The number of aryl methyl sites for hydroxylation is 1. The third kappa shape index (κ3) is 5.56. The van der Waals surface area contributed by atoms with Crippen LogP contribution in [0.3, 0.4) is 0 Å². The number of hydrogen-bond donors (Lipinski definition) is 2. The third-order valence-electron chi connectivity index (χ3n) is 5.41. The molecule has 0 aliphatic heterocycles. The number of nitrogens with zero attached hydrogens (tertiary/aromatic N) is 3. The lowest BCUT2D eigenvalue weighted by Crippen LogP contribution is -2.14. The number of ether oxygens (including phenoxy) is 1. The Hall–Kier alpha value is -4.26. The highest BCUT2D eigenvalue weighted by atomic mass is 16.5. The van der Waals surface area contributed by atoms with Crippen molar-refractivity contribution in [2.45, 2.75) is 26.3 Å². The molecular weight excluding hydrogens is 426 g/mol. The molecule has 0 radical (unpaired) electrons. The summed E-state index contributed by atoms with van der Waals surface area (Å²) < 4.78 is 5.32. The molecule has 0 saturated heterocycles. The van der Waals surface area contributed by atoms with Crippen LogP contribution in [0.4, 0.5) is 11.5 Å². The summed E-state index contributed by atoms with van der Waals surface area (Å²) in [4.78, 5) is 25.8. The number of anilines is 2. The van der Waals surface area contributed by atoms with Crippen LogP contribution in [0.1, 0.15) is 40.9 Å². The van der Waals surface area contributed by atoms with E-state index in [9.17, 15) is 4.79 Å². The minimum Gasteiger partial charge on any atom is -0.497 e. The minimum atomic E-state index is -0.189. The van der Waals surface area contributed by atoms with Crippen LogP contribution in [0.2, 0.25) is 0 Å². The van der Waals surface area contributed by atoms with Gasteiger partial charge in [-0.1, -0.05) is 31.2 Å². The van der Waals surface area contributed by atoms with Crippen molar-refractivity contribution in [2.75, 3.05) is 17.7 Å². The Morgan fingerprint density at radius 1 is 1.00 bits per heavy atom. The quantitative estimate of drug-likeness (QED) is 0.357. The number of methoxy groups -OCH3 is 1. The van der Waals surface area contributed by atoms with Crippen LogP contribution < -0.4 is 15.4 Å². The molecule has 0 unspecified atom stereocenters. The summed E-state index contributed by atoms with van der Waals surface area (Å²) >= 11 is 0. The predicted octanol–water partition coefficient (Wildman–Crippen LogP) is 5.67. The van der Waals surface area contributed by atoms with E-state index in [1.54, 1.807) is 31.9 Å². The summed E-state index contributed by atoms with van der Waals surface area (Å²) in [7, 11) is 1.64.